The predicted octanol–water partition coefficient (Wildman–Crippen LogP) is 2.42. The number of pyridine rings is 1. The Morgan fingerprint density at radius 3 is 3.19 bits per heavy atom. The summed E-state index contributed by atoms with van der Waals surface area (Å²) >= 11 is 1.40. The van der Waals surface area contributed by atoms with Crippen LogP contribution in [0.4, 0.5) is 0 Å². The number of carbonyl (C=O) groups is 1. The maximum Gasteiger partial charge on any atom is 0.263 e. The second kappa shape index (κ2) is 6.32. The second-order valence-corrected chi connectivity index (χ2v) is 6.02. The lowest BCUT2D eigenvalue weighted by Gasteiger charge is -2.09. The summed E-state index contributed by atoms with van der Waals surface area (Å²) in [4.78, 5) is 21.5. The SMILES string of the molecule is Cc1nc(-c2cccnc2)sc1C(=O)NCC1CCCO1. The first kappa shape index (κ1) is 14.2. The van der Waals surface area contributed by atoms with E-state index in [-0.39, 0.29) is 12.0 Å². The molecule has 0 aromatic carbocycles. The number of nitrogens with zero attached hydrogens (tertiary/aromatic N) is 2. The Kier molecular flexibility index (Phi) is 4.26. The minimum absolute atomic E-state index is 0.0735. The van der Waals surface area contributed by atoms with E-state index < -0.39 is 0 Å². The van der Waals surface area contributed by atoms with Crippen molar-refractivity contribution in [1.29, 1.82) is 0 Å². The van der Waals surface area contributed by atoms with Crippen LogP contribution in [-0.2, 0) is 4.74 Å². The van der Waals surface area contributed by atoms with Gasteiger partial charge in [0.2, 0.25) is 0 Å². The third-order valence-electron chi connectivity index (χ3n) is 3.43. The third-order valence-corrected chi connectivity index (χ3v) is 4.63. The maximum absolute atomic E-state index is 12.3. The molecule has 1 N–H and O–H groups in total. The van der Waals surface area contributed by atoms with Gasteiger partial charge in [0.1, 0.15) is 9.88 Å². The highest BCUT2D eigenvalue weighted by Crippen LogP contribution is 2.27. The molecule has 1 aliphatic heterocycles. The number of aryl methyl sites for hydroxylation is 1. The molecule has 1 fully saturated rings. The monoisotopic (exact) mass is 303 g/mol. The first-order valence-electron chi connectivity index (χ1n) is 7.01. The van der Waals surface area contributed by atoms with Gasteiger partial charge in [0.15, 0.2) is 0 Å². The third kappa shape index (κ3) is 3.28. The van der Waals surface area contributed by atoms with Gasteiger partial charge >= 0.3 is 0 Å². The van der Waals surface area contributed by atoms with Crippen LogP contribution in [0, 0.1) is 6.92 Å². The zero-order chi connectivity index (χ0) is 14.7. The Balaban J connectivity index is 1.70. The average Bonchev–Trinajstić information content (AvgIpc) is 3.15. The molecular formula is C15H17N3O2S. The fraction of sp³-hybridized carbons (Fsp3) is 0.400. The summed E-state index contributed by atoms with van der Waals surface area (Å²) in [6.45, 7) is 3.22. The summed E-state index contributed by atoms with van der Waals surface area (Å²) in [6, 6.07) is 3.81. The normalized spacial score (nSPS) is 17.9. The van der Waals surface area contributed by atoms with E-state index >= 15 is 0 Å². The molecule has 2 aromatic heterocycles. The lowest BCUT2D eigenvalue weighted by molar-refractivity contribution is 0.0860. The molecule has 0 radical (unpaired) electrons. The first-order valence-corrected chi connectivity index (χ1v) is 7.83. The molecule has 5 nitrogen and oxygen atoms in total. The molecular weight excluding hydrogens is 286 g/mol. The predicted molar refractivity (Wildman–Crippen MR) is 81.4 cm³/mol. The Labute approximate surface area is 127 Å². The van der Waals surface area contributed by atoms with E-state index in [0.29, 0.717) is 11.4 Å². The smallest absolute Gasteiger partial charge is 0.263 e. The van der Waals surface area contributed by atoms with Crippen molar-refractivity contribution in [2.75, 3.05) is 13.2 Å². The summed E-state index contributed by atoms with van der Waals surface area (Å²) < 4.78 is 5.51. The number of aromatic nitrogens is 2. The van der Waals surface area contributed by atoms with Crippen molar-refractivity contribution in [3.05, 3.63) is 35.1 Å². The number of amides is 1. The average molecular weight is 303 g/mol. The number of rotatable bonds is 4. The summed E-state index contributed by atoms with van der Waals surface area (Å²) in [6.07, 6.45) is 5.72. The van der Waals surface area contributed by atoms with E-state index in [2.05, 4.69) is 15.3 Å². The molecule has 1 amide bonds. The van der Waals surface area contributed by atoms with Gasteiger partial charge in [0.25, 0.3) is 5.91 Å². The van der Waals surface area contributed by atoms with Crippen molar-refractivity contribution in [3.63, 3.8) is 0 Å². The van der Waals surface area contributed by atoms with Gasteiger partial charge in [0, 0.05) is 31.1 Å². The molecule has 0 bridgehead atoms. The number of hydrogen-bond acceptors (Lipinski definition) is 5. The van der Waals surface area contributed by atoms with Gasteiger partial charge in [-0.3, -0.25) is 9.78 Å². The van der Waals surface area contributed by atoms with Crippen molar-refractivity contribution in [3.8, 4) is 10.6 Å². The van der Waals surface area contributed by atoms with Crippen LogP contribution < -0.4 is 5.32 Å². The van der Waals surface area contributed by atoms with Crippen LogP contribution in [0.25, 0.3) is 10.6 Å². The van der Waals surface area contributed by atoms with Crippen molar-refractivity contribution < 1.29 is 9.53 Å². The molecule has 21 heavy (non-hydrogen) atoms. The molecule has 0 aliphatic carbocycles. The highest BCUT2D eigenvalue weighted by Gasteiger charge is 2.19. The van der Waals surface area contributed by atoms with Crippen LogP contribution in [0.15, 0.2) is 24.5 Å². The van der Waals surface area contributed by atoms with E-state index in [0.717, 1.165) is 35.7 Å². The van der Waals surface area contributed by atoms with Crippen molar-refractivity contribution in [1.82, 2.24) is 15.3 Å². The number of hydrogen-bond donors (Lipinski definition) is 1. The van der Waals surface area contributed by atoms with Gasteiger partial charge in [-0.1, -0.05) is 0 Å². The molecule has 0 saturated carbocycles. The first-order chi connectivity index (χ1) is 10.2. The molecule has 1 atom stereocenters. The van der Waals surface area contributed by atoms with Gasteiger partial charge in [-0.05, 0) is 31.9 Å². The molecule has 1 saturated heterocycles. The van der Waals surface area contributed by atoms with Crippen LogP contribution in [0.1, 0.15) is 28.2 Å². The summed E-state index contributed by atoms with van der Waals surface area (Å²) in [7, 11) is 0. The highest BCUT2D eigenvalue weighted by atomic mass is 32.1. The highest BCUT2D eigenvalue weighted by molar-refractivity contribution is 7.17. The Morgan fingerprint density at radius 2 is 2.48 bits per heavy atom. The van der Waals surface area contributed by atoms with Crippen molar-refractivity contribution >= 4 is 17.2 Å². The number of nitrogens with one attached hydrogen (secondary N) is 1. The summed E-state index contributed by atoms with van der Waals surface area (Å²) in [5.74, 6) is -0.0735. The Morgan fingerprint density at radius 1 is 1.57 bits per heavy atom. The van der Waals surface area contributed by atoms with Gasteiger partial charge in [-0.2, -0.15) is 0 Å². The van der Waals surface area contributed by atoms with Crippen LogP contribution in [0.2, 0.25) is 0 Å². The second-order valence-electron chi connectivity index (χ2n) is 5.02. The fourth-order valence-corrected chi connectivity index (χ4v) is 3.28. The molecule has 1 aliphatic rings. The van der Waals surface area contributed by atoms with E-state index in [4.69, 9.17) is 4.74 Å². The molecule has 3 heterocycles. The molecule has 0 spiro atoms. The quantitative estimate of drug-likeness (QED) is 0.942. The minimum Gasteiger partial charge on any atom is -0.376 e. The molecule has 6 heteroatoms. The van der Waals surface area contributed by atoms with Gasteiger partial charge in [0.05, 0.1) is 11.8 Å². The van der Waals surface area contributed by atoms with Crippen LogP contribution in [0.3, 0.4) is 0 Å². The Hall–Kier alpha value is -1.79. The molecule has 2 aromatic rings. The van der Waals surface area contributed by atoms with Crippen LogP contribution >= 0.6 is 11.3 Å². The van der Waals surface area contributed by atoms with E-state index in [9.17, 15) is 4.79 Å². The van der Waals surface area contributed by atoms with Crippen molar-refractivity contribution in [2.24, 2.45) is 0 Å². The molecule has 3 rings (SSSR count). The van der Waals surface area contributed by atoms with E-state index in [1.54, 1.807) is 12.4 Å². The minimum atomic E-state index is -0.0735. The molecule has 110 valence electrons. The lowest BCUT2D eigenvalue weighted by atomic mass is 10.2. The van der Waals surface area contributed by atoms with Gasteiger partial charge < -0.3 is 10.1 Å². The topological polar surface area (TPSA) is 64.1 Å². The zero-order valence-corrected chi connectivity index (χ0v) is 12.7. The fourth-order valence-electron chi connectivity index (χ4n) is 2.31. The Bertz CT molecular complexity index is 621. The zero-order valence-electron chi connectivity index (χ0n) is 11.8. The van der Waals surface area contributed by atoms with E-state index in [1.165, 1.54) is 11.3 Å². The molecule has 1 unspecified atom stereocenters. The van der Waals surface area contributed by atoms with Gasteiger partial charge in [-0.15, -0.1) is 11.3 Å². The number of carbonyl (C=O) groups excluding carboxylic acids is 1. The summed E-state index contributed by atoms with van der Waals surface area (Å²) in [5.41, 5.74) is 1.69. The lowest BCUT2D eigenvalue weighted by Crippen LogP contribution is -2.31. The van der Waals surface area contributed by atoms with Gasteiger partial charge in [-0.25, -0.2) is 4.98 Å². The number of ether oxygens (including phenoxy) is 1. The maximum atomic E-state index is 12.3. The van der Waals surface area contributed by atoms with E-state index in [1.807, 2.05) is 19.1 Å². The summed E-state index contributed by atoms with van der Waals surface area (Å²) in [5, 5.41) is 3.76. The van der Waals surface area contributed by atoms with Crippen molar-refractivity contribution in [2.45, 2.75) is 25.9 Å². The number of thiazole rings is 1. The standard InChI is InChI=1S/C15H17N3O2S/c1-10-13(14(19)17-9-12-5-3-7-20-12)21-15(18-10)11-4-2-6-16-8-11/h2,4,6,8,12H,3,5,7,9H2,1H3,(H,17,19). The van der Waals surface area contributed by atoms with Crippen LogP contribution in [0.5, 0.6) is 0 Å². The van der Waals surface area contributed by atoms with Crippen LogP contribution in [-0.4, -0.2) is 35.1 Å². The largest absolute Gasteiger partial charge is 0.376 e.